The molecular formula is C8H9ClN2O2S. The molecule has 0 aliphatic heterocycles. The Morgan fingerprint density at radius 3 is 2.64 bits per heavy atom. The number of hydrogen-bond donors (Lipinski definition) is 1. The van der Waals surface area contributed by atoms with Crippen molar-refractivity contribution in [1.82, 2.24) is 9.97 Å². The molecule has 76 valence electrons. The number of carboxylic acids is 1. The first-order valence-corrected chi connectivity index (χ1v) is 5.43. The Hall–Kier alpha value is -0.810. The topological polar surface area (TPSA) is 63.1 Å². The average Bonchev–Trinajstić information content (AvgIpc) is 2.10. The van der Waals surface area contributed by atoms with Crippen LogP contribution in [-0.2, 0) is 11.2 Å². The monoisotopic (exact) mass is 232 g/mol. The lowest BCUT2D eigenvalue weighted by Gasteiger charge is -2.05. The van der Waals surface area contributed by atoms with Gasteiger partial charge in [-0.05, 0) is 13.2 Å². The molecule has 14 heavy (non-hydrogen) atoms. The summed E-state index contributed by atoms with van der Waals surface area (Å²) in [6.45, 7) is 1.73. The van der Waals surface area contributed by atoms with Gasteiger partial charge in [0, 0.05) is 11.3 Å². The van der Waals surface area contributed by atoms with Gasteiger partial charge in [0.05, 0.1) is 6.42 Å². The third kappa shape index (κ3) is 2.59. The van der Waals surface area contributed by atoms with Gasteiger partial charge in [-0.25, -0.2) is 9.97 Å². The average molecular weight is 233 g/mol. The molecular weight excluding hydrogens is 224 g/mol. The number of hydrogen-bond acceptors (Lipinski definition) is 4. The van der Waals surface area contributed by atoms with E-state index in [0.717, 1.165) is 0 Å². The van der Waals surface area contributed by atoms with Gasteiger partial charge < -0.3 is 5.11 Å². The van der Waals surface area contributed by atoms with Crippen LogP contribution in [0.15, 0.2) is 5.16 Å². The fourth-order valence-electron chi connectivity index (χ4n) is 0.980. The summed E-state index contributed by atoms with van der Waals surface area (Å²) >= 11 is 7.20. The summed E-state index contributed by atoms with van der Waals surface area (Å²) in [5.74, 6) is -0.935. The van der Waals surface area contributed by atoms with Crippen molar-refractivity contribution in [3.05, 3.63) is 16.4 Å². The molecule has 1 heterocycles. The zero-order chi connectivity index (χ0) is 10.7. The van der Waals surface area contributed by atoms with Crippen molar-refractivity contribution < 1.29 is 9.90 Å². The van der Waals surface area contributed by atoms with Crippen LogP contribution in [0.5, 0.6) is 0 Å². The van der Waals surface area contributed by atoms with Crippen LogP contribution in [0.25, 0.3) is 0 Å². The summed E-state index contributed by atoms with van der Waals surface area (Å²) in [4.78, 5) is 18.6. The van der Waals surface area contributed by atoms with Gasteiger partial charge in [-0.2, -0.15) is 0 Å². The van der Waals surface area contributed by atoms with Crippen molar-refractivity contribution in [1.29, 1.82) is 0 Å². The third-order valence-electron chi connectivity index (χ3n) is 1.65. The van der Waals surface area contributed by atoms with Gasteiger partial charge >= 0.3 is 5.97 Å². The standard InChI is InChI=1S/C8H9ClN2O2S/c1-4-5(3-6(12)13)7(9)11-8(10-4)14-2/h3H2,1-2H3,(H,12,13). The minimum absolute atomic E-state index is 0.140. The van der Waals surface area contributed by atoms with Gasteiger partial charge in [0.25, 0.3) is 0 Å². The second-order valence-corrected chi connectivity index (χ2v) is 3.77. The Labute approximate surface area is 90.7 Å². The number of nitrogens with zero attached hydrogens (tertiary/aromatic N) is 2. The van der Waals surface area contributed by atoms with Crippen molar-refractivity contribution in [2.24, 2.45) is 0 Å². The number of aromatic nitrogens is 2. The zero-order valence-electron chi connectivity index (χ0n) is 7.74. The summed E-state index contributed by atoms with van der Waals surface area (Å²) in [5, 5.41) is 9.41. The molecule has 0 spiro atoms. The van der Waals surface area contributed by atoms with Gasteiger partial charge in [-0.3, -0.25) is 4.79 Å². The van der Waals surface area contributed by atoms with Crippen molar-refractivity contribution in [2.45, 2.75) is 18.5 Å². The number of carboxylic acid groups (broad SMARTS) is 1. The van der Waals surface area contributed by atoms with E-state index >= 15 is 0 Å². The predicted octanol–water partition coefficient (Wildman–Crippen LogP) is 1.79. The fourth-order valence-corrected chi connectivity index (χ4v) is 1.72. The van der Waals surface area contributed by atoms with Gasteiger partial charge in [-0.1, -0.05) is 23.4 Å². The van der Waals surface area contributed by atoms with E-state index < -0.39 is 5.97 Å². The number of rotatable bonds is 3. The maximum atomic E-state index is 10.5. The van der Waals surface area contributed by atoms with Gasteiger partial charge in [0.2, 0.25) is 0 Å². The predicted molar refractivity (Wildman–Crippen MR) is 54.9 cm³/mol. The van der Waals surface area contributed by atoms with E-state index in [4.69, 9.17) is 16.7 Å². The van der Waals surface area contributed by atoms with Crippen LogP contribution < -0.4 is 0 Å². The van der Waals surface area contributed by atoms with E-state index in [1.165, 1.54) is 11.8 Å². The molecule has 1 N–H and O–H groups in total. The summed E-state index contributed by atoms with van der Waals surface area (Å²) in [6.07, 6.45) is 1.70. The highest BCUT2D eigenvalue weighted by Gasteiger charge is 2.12. The molecule has 0 radical (unpaired) electrons. The van der Waals surface area contributed by atoms with Crippen LogP contribution in [-0.4, -0.2) is 27.3 Å². The highest BCUT2D eigenvalue weighted by molar-refractivity contribution is 7.98. The van der Waals surface area contributed by atoms with Gasteiger partial charge in [-0.15, -0.1) is 0 Å². The summed E-state index contributed by atoms with van der Waals surface area (Å²) in [5.41, 5.74) is 1.11. The fraction of sp³-hybridized carbons (Fsp3) is 0.375. The molecule has 0 unspecified atom stereocenters. The van der Waals surface area contributed by atoms with Crippen LogP contribution in [0.3, 0.4) is 0 Å². The van der Waals surface area contributed by atoms with Crippen molar-refractivity contribution in [3.8, 4) is 0 Å². The Bertz CT molecular complexity index is 347. The molecule has 0 fully saturated rings. The van der Waals surface area contributed by atoms with Crippen LogP contribution in [0.2, 0.25) is 5.15 Å². The SMILES string of the molecule is CSc1nc(C)c(CC(=O)O)c(Cl)n1. The minimum atomic E-state index is -0.935. The summed E-state index contributed by atoms with van der Waals surface area (Å²) < 4.78 is 0. The molecule has 0 aliphatic rings. The molecule has 1 aromatic heterocycles. The second kappa shape index (κ2) is 4.61. The molecule has 0 amide bonds. The van der Waals surface area contributed by atoms with E-state index in [2.05, 4.69) is 9.97 Å². The molecule has 0 saturated heterocycles. The minimum Gasteiger partial charge on any atom is -0.481 e. The van der Waals surface area contributed by atoms with E-state index in [1.54, 1.807) is 6.92 Å². The first kappa shape index (κ1) is 11.3. The van der Waals surface area contributed by atoms with E-state index in [-0.39, 0.29) is 11.6 Å². The third-order valence-corrected chi connectivity index (χ3v) is 2.51. The van der Waals surface area contributed by atoms with Crippen molar-refractivity contribution >= 4 is 29.3 Å². The molecule has 0 aromatic carbocycles. The van der Waals surface area contributed by atoms with Gasteiger partial charge in [0.1, 0.15) is 5.15 Å². The van der Waals surface area contributed by atoms with Crippen molar-refractivity contribution in [2.75, 3.05) is 6.26 Å². The maximum Gasteiger partial charge on any atom is 0.308 e. The van der Waals surface area contributed by atoms with E-state index in [1.807, 2.05) is 6.26 Å². The zero-order valence-corrected chi connectivity index (χ0v) is 9.32. The molecule has 0 aliphatic carbocycles. The maximum absolute atomic E-state index is 10.5. The Morgan fingerprint density at radius 2 is 2.21 bits per heavy atom. The summed E-state index contributed by atoms with van der Waals surface area (Å²) in [6, 6.07) is 0. The van der Waals surface area contributed by atoms with Crippen LogP contribution >= 0.6 is 23.4 Å². The van der Waals surface area contributed by atoms with E-state index in [9.17, 15) is 4.79 Å². The molecule has 0 bridgehead atoms. The molecule has 4 nitrogen and oxygen atoms in total. The quantitative estimate of drug-likeness (QED) is 0.489. The lowest BCUT2D eigenvalue weighted by atomic mass is 10.2. The normalized spacial score (nSPS) is 10.2. The van der Waals surface area contributed by atoms with Crippen LogP contribution in [0, 0.1) is 6.92 Å². The highest BCUT2D eigenvalue weighted by atomic mass is 35.5. The first-order valence-electron chi connectivity index (χ1n) is 3.83. The van der Waals surface area contributed by atoms with E-state index in [0.29, 0.717) is 16.4 Å². The number of aliphatic carboxylic acids is 1. The molecule has 1 aromatic rings. The number of halogens is 1. The second-order valence-electron chi connectivity index (χ2n) is 2.64. The number of carbonyl (C=O) groups is 1. The lowest BCUT2D eigenvalue weighted by Crippen LogP contribution is -2.06. The molecule has 1 rings (SSSR count). The summed E-state index contributed by atoms with van der Waals surface area (Å²) in [7, 11) is 0. The Balaban J connectivity index is 3.11. The Morgan fingerprint density at radius 1 is 1.57 bits per heavy atom. The van der Waals surface area contributed by atoms with Crippen molar-refractivity contribution in [3.63, 3.8) is 0 Å². The van der Waals surface area contributed by atoms with Crippen LogP contribution in [0.4, 0.5) is 0 Å². The molecule has 0 atom stereocenters. The lowest BCUT2D eigenvalue weighted by molar-refractivity contribution is -0.136. The highest BCUT2D eigenvalue weighted by Crippen LogP contribution is 2.20. The Kier molecular flexibility index (Phi) is 3.71. The number of aryl methyl sites for hydroxylation is 1. The first-order chi connectivity index (χ1) is 6.54. The van der Waals surface area contributed by atoms with Crippen LogP contribution in [0.1, 0.15) is 11.3 Å². The smallest absolute Gasteiger partial charge is 0.308 e. The largest absolute Gasteiger partial charge is 0.481 e. The van der Waals surface area contributed by atoms with Gasteiger partial charge in [0.15, 0.2) is 5.16 Å². The number of thioether (sulfide) groups is 1. The molecule has 6 heteroatoms. The molecule has 0 saturated carbocycles.